The lowest BCUT2D eigenvalue weighted by atomic mass is 9.94. The fraction of sp³-hybridized carbons (Fsp3) is 0.321. The quantitative estimate of drug-likeness (QED) is 0.202. The zero-order valence-electron chi connectivity index (χ0n) is 21.9. The first kappa shape index (κ1) is 29.6. The number of allylic oxidation sites excluding steroid dienone is 3. The highest BCUT2D eigenvalue weighted by Gasteiger charge is 2.32. The molecule has 0 aliphatic rings. The molecule has 0 amide bonds. The van der Waals surface area contributed by atoms with E-state index in [-0.39, 0.29) is 17.5 Å². The standard InChI is InChI=1S/C28H28F4O7/c1-13(2)6-11-17-21(33)19(18(12-14(3)4)37-27(29)30)25-20(22(17)34)23(35)26(39-28(31)32)24(38-25)15-7-9-16(36-5)10-8-15/h6-10,12,18,27-28,33-34H,11H2,1-5H3. The number of hydrogen-bond donors (Lipinski definition) is 2. The summed E-state index contributed by atoms with van der Waals surface area (Å²) in [6.07, 6.45) is 1.11. The summed E-state index contributed by atoms with van der Waals surface area (Å²) in [6, 6.07) is 5.73. The monoisotopic (exact) mass is 552 g/mol. The molecule has 210 valence electrons. The van der Waals surface area contributed by atoms with Crippen LogP contribution in [0, 0.1) is 0 Å². The zero-order valence-corrected chi connectivity index (χ0v) is 21.9. The molecule has 1 atom stereocenters. The van der Waals surface area contributed by atoms with Gasteiger partial charge in [0.15, 0.2) is 11.3 Å². The Bertz CT molecular complexity index is 1450. The number of hydrogen-bond acceptors (Lipinski definition) is 7. The average Bonchev–Trinajstić information content (AvgIpc) is 2.84. The smallest absolute Gasteiger partial charge is 0.387 e. The van der Waals surface area contributed by atoms with Gasteiger partial charge in [-0.1, -0.05) is 23.3 Å². The summed E-state index contributed by atoms with van der Waals surface area (Å²) < 4.78 is 74.1. The number of phenols is 2. The van der Waals surface area contributed by atoms with Crippen LogP contribution in [-0.2, 0) is 11.2 Å². The molecule has 2 N–H and O–H groups in total. The van der Waals surface area contributed by atoms with Crippen LogP contribution in [0.4, 0.5) is 17.6 Å². The van der Waals surface area contributed by atoms with Crippen LogP contribution in [0.15, 0.2) is 56.8 Å². The first-order valence-electron chi connectivity index (χ1n) is 11.7. The SMILES string of the molecule is COc1ccc(-c2oc3c(C(C=C(C)C)OC(F)F)c(O)c(CC=C(C)C)c(O)c3c(=O)c2OC(F)F)cc1. The number of phenolic OH excluding ortho intramolecular Hbond substituents is 2. The van der Waals surface area contributed by atoms with E-state index in [1.807, 2.05) is 0 Å². The van der Waals surface area contributed by atoms with E-state index in [0.717, 1.165) is 5.57 Å². The third kappa shape index (κ3) is 6.54. The molecule has 39 heavy (non-hydrogen) atoms. The highest BCUT2D eigenvalue weighted by Crippen LogP contribution is 2.46. The van der Waals surface area contributed by atoms with Gasteiger partial charge in [0.2, 0.25) is 11.2 Å². The molecule has 3 rings (SSSR count). The number of methoxy groups -OCH3 is 1. The summed E-state index contributed by atoms with van der Waals surface area (Å²) in [4.78, 5) is 13.6. The maximum atomic E-state index is 13.6. The van der Waals surface area contributed by atoms with Gasteiger partial charge in [-0.25, -0.2) is 0 Å². The van der Waals surface area contributed by atoms with Crippen molar-refractivity contribution < 1.29 is 46.4 Å². The molecule has 0 radical (unpaired) electrons. The van der Waals surface area contributed by atoms with E-state index >= 15 is 0 Å². The lowest BCUT2D eigenvalue weighted by Gasteiger charge is -2.21. The van der Waals surface area contributed by atoms with Gasteiger partial charge in [0.05, 0.1) is 12.7 Å². The van der Waals surface area contributed by atoms with Gasteiger partial charge in [-0.2, -0.15) is 17.6 Å². The second-order valence-corrected chi connectivity index (χ2v) is 9.04. The van der Waals surface area contributed by atoms with E-state index < -0.39 is 64.3 Å². The van der Waals surface area contributed by atoms with Crippen LogP contribution in [-0.4, -0.2) is 30.5 Å². The number of rotatable bonds is 10. The number of aromatic hydroxyl groups is 2. The molecular formula is C28H28F4O7. The molecule has 7 nitrogen and oxygen atoms in total. The zero-order chi connectivity index (χ0) is 29.0. The molecule has 0 bridgehead atoms. The summed E-state index contributed by atoms with van der Waals surface area (Å²) in [6.45, 7) is -0.0629. The van der Waals surface area contributed by atoms with Crippen molar-refractivity contribution in [2.45, 2.75) is 53.4 Å². The molecule has 0 saturated carbocycles. The molecule has 2 aromatic carbocycles. The molecule has 0 spiro atoms. The van der Waals surface area contributed by atoms with Crippen LogP contribution >= 0.6 is 0 Å². The van der Waals surface area contributed by atoms with Crippen molar-refractivity contribution in [2.75, 3.05) is 7.11 Å². The van der Waals surface area contributed by atoms with E-state index in [0.29, 0.717) is 11.3 Å². The van der Waals surface area contributed by atoms with Crippen LogP contribution in [0.25, 0.3) is 22.3 Å². The first-order chi connectivity index (χ1) is 18.3. The predicted octanol–water partition coefficient (Wildman–Crippen LogP) is 7.24. The van der Waals surface area contributed by atoms with Gasteiger partial charge in [0.25, 0.3) is 0 Å². The van der Waals surface area contributed by atoms with E-state index in [2.05, 4.69) is 4.74 Å². The summed E-state index contributed by atoms with van der Waals surface area (Å²) in [5.74, 6) is -2.43. The van der Waals surface area contributed by atoms with Crippen LogP contribution in [0.1, 0.15) is 44.9 Å². The maximum absolute atomic E-state index is 13.6. The molecule has 11 heteroatoms. The van der Waals surface area contributed by atoms with Gasteiger partial charge in [0.1, 0.15) is 28.7 Å². The fourth-order valence-corrected chi connectivity index (χ4v) is 3.95. The molecule has 0 saturated heterocycles. The lowest BCUT2D eigenvalue weighted by molar-refractivity contribution is -0.152. The Balaban J connectivity index is 2.56. The Hall–Kier alpha value is -3.99. The molecule has 0 aliphatic carbocycles. The van der Waals surface area contributed by atoms with E-state index in [9.17, 15) is 32.6 Å². The Morgan fingerprint density at radius 2 is 1.62 bits per heavy atom. The van der Waals surface area contributed by atoms with Gasteiger partial charge in [-0.05, 0) is 58.4 Å². The summed E-state index contributed by atoms with van der Waals surface area (Å²) in [5, 5.41) is 21.7. The number of ether oxygens (including phenoxy) is 3. The Labute approximate surface area is 221 Å². The minimum Gasteiger partial charge on any atom is -0.507 e. The summed E-state index contributed by atoms with van der Waals surface area (Å²) in [5.41, 5.74) is -0.948. The van der Waals surface area contributed by atoms with Crippen molar-refractivity contribution in [3.8, 4) is 34.3 Å². The van der Waals surface area contributed by atoms with Gasteiger partial charge in [-0.3, -0.25) is 4.79 Å². The summed E-state index contributed by atoms with van der Waals surface area (Å²) >= 11 is 0. The van der Waals surface area contributed by atoms with Gasteiger partial charge < -0.3 is 28.8 Å². The topological polar surface area (TPSA) is 98.4 Å². The molecule has 1 unspecified atom stereocenters. The van der Waals surface area contributed by atoms with E-state index in [1.165, 1.54) is 37.5 Å². The number of fused-ring (bicyclic) bond motifs is 1. The van der Waals surface area contributed by atoms with Crippen molar-refractivity contribution in [3.63, 3.8) is 0 Å². The van der Waals surface area contributed by atoms with Crippen molar-refractivity contribution in [1.82, 2.24) is 0 Å². The van der Waals surface area contributed by atoms with Gasteiger partial charge in [-0.15, -0.1) is 0 Å². The van der Waals surface area contributed by atoms with Crippen LogP contribution in [0.2, 0.25) is 0 Å². The highest BCUT2D eigenvalue weighted by atomic mass is 19.3. The first-order valence-corrected chi connectivity index (χ1v) is 11.7. The number of halogens is 4. The number of benzene rings is 2. The normalized spacial score (nSPS) is 12.1. The average molecular weight is 553 g/mol. The summed E-state index contributed by atoms with van der Waals surface area (Å²) in [7, 11) is 1.41. The van der Waals surface area contributed by atoms with Crippen LogP contribution in [0.5, 0.6) is 23.0 Å². The lowest BCUT2D eigenvalue weighted by Crippen LogP contribution is -2.16. The molecule has 0 aliphatic heterocycles. The Kier molecular flexibility index (Phi) is 9.28. The second-order valence-electron chi connectivity index (χ2n) is 9.04. The van der Waals surface area contributed by atoms with Gasteiger partial charge >= 0.3 is 13.2 Å². The molecule has 1 heterocycles. The van der Waals surface area contributed by atoms with E-state index in [1.54, 1.807) is 33.8 Å². The highest BCUT2D eigenvalue weighted by molar-refractivity contribution is 5.93. The molecular weight excluding hydrogens is 524 g/mol. The maximum Gasteiger partial charge on any atom is 0.387 e. The molecule has 3 aromatic rings. The van der Waals surface area contributed by atoms with Crippen molar-refractivity contribution in [3.05, 3.63) is 68.9 Å². The Morgan fingerprint density at radius 3 is 2.13 bits per heavy atom. The van der Waals surface area contributed by atoms with Crippen LogP contribution in [0.3, 0.4) is 0 Å². The molecule has 1 aromatic heterocycles. The van der Waals surface area contributed by atoms with Crippen molar-refractivity contribution >= 4 is 11.0 Å². The fourth-order valence-electron chi connectivity index (χ4n) is 3.95. The largest absolute Gasteiger partial charge is 0.507 e. The van der Waals surface area contributed by atoms with E-state index in [4.69, 9.17) is 13.9 Å². The third-order valence-corrected chi connectivity index (χ3v) is 5.67. The third-order valence-electron chi connectivity index (χ3n) is 5.67. The molecule has 0 fully saturated rings. The predicted molar refractivity (Wildman–Crippen MR) is 137 cm³/mol. The minimum absolute atomic E-state index is 0.0949. The minimum atomic E-state index is -3.44. The number of alkyl halides is 4. The second kappa shape index (κ2) is 12.2. The van der Waals surface area contributed by atoms with Crippen molar-refractivity contribution in [2.24, 2.45) is 0 Å². The van der Waals surface area contributed by atoms with Gasteiger partial charge in [0, 0.05) is 11.1 Å². The van der Waals surface area contributed by atoms with Crippen LogP contribution < -0.4 is 14.9 Å². The Morgan fingerprint density at radius 1 is 0.974 bits per heavy atom. The van der Waals surface area contributed by atoms with Crippen molar-refractivity contribution in [1.29, 1.82) is 0 Å².